The number of halogens is 2. The maximum absolute atomic E-state index is 13.6. The zero-order valence-corrected chi connectivity index (χ0v) is 9.91. The van der Waals surface area contributed by atoms with Gasteiger partial charge in [-0.3, -0.25) is 0 Å². The quantitative estimate of drug-likeness (QED) is 0.786. The molecular weight excluding hydrogens is 240 g/mol. The summed E-state index contributed by atoms with van der Waals surface area (Å²) >= 11 is 0. The molecule has 0 amide bonds. The minimum atomic E-state index is -0.750. The molecular formula is C13H11F2NO2. The molecule has 3 nitrogen and oxygen atoms in total. The van der Waals surface area contributed by atoms with E-state index in [0.717, 1.165) is 12.3 Å². The lowest BCUT2D eigenvalue weighted by atomic mass is 10.1. The van der Waals surface area contributed by atoms with Crippen molar-refractivity contribution >= 4 is 0 Å². The molecule has 0 atom stereocenters. The number of benzene rings is 1. The Kier molecular flexibility index (Phi) is 3.41. The van der Waals surface area contributed by atoms with Gasteiger partial charge in [-0.05, 0) is 18.2 Å². The smallest absolute Gasteiger partial charge is 0.221 e. The van der Waals surface area contributed by atoms with Gasteiger partial charge in [-0.15, -0.1) is 0 Å². The third kappa shape index (κ3) is 2.25. The van der Waals surface area contributed by atoms with Gasteiger partial charge in [0.2, 0.25) is 5.95 Å². The van der Waals surface area contributed by atoms with Crippen LogP contribution in [-0.4, -0.2) is 19.2 Å². The first kappa shape index (κ1) is 12.3. The molecule has 5 heteroatoms. The predicted molar refractivity (Wildman–Crippen MR) is 62.7 cm³/mol. The average molecular weight is 251 g/mol. The molecule has 0 N–H and O–H groups in total. The fourth-order valence-corrected chi connectivity index (χ4v) is 1.63. The van der Waals surface area contributed by atoms with Crippen molar-refractivity contribution in [3.63, 3.8) is 0 Å². The Hall–Kier alpha value is -2.17. The summed E-state index contributed by atoms with van der Waals surface area (Å²) in [4.78, 5) is 3.34. The van der Waals surface area contributed by atoms with Crippen molar-refractivity contribution < 1.29 is 18.3 Å². The minimum absolute atomic E-state index is 0.0505. The zero-order chi connectivity index (χ0) is 13.1. The van der Waals surface area contributed by atoms with Gasteiger partial charge in [-0.25, -0.2) is 9.37 Å². The molecule has 0 fully saturated rings. The van der Waals surface area contributed by atoms with Crippen LogP contribution in [0.2, 0.25) is 0 Å². The maximum atomic E-state index is 13.6. The number of methoxy groups -OCH3 is 2. The highest BCUT2D eigenvalue weighted by molar-refractivity contribution is 5.71. The topological polar surface area (TPSA) is 31.4 Å². The number of pyridine rings is 1. The SMILES string of the molecule is COc1ccc(-c2cc(F)cnc2F)c(OC)c1. The van der Waals surface area contributed by atoms with Gasteiger partial charge in [0, 0.05) is 17.2 Å². The molecule has 2 aromatic rings. The van der Waals surface area contributed by atoms with Crippen molar-refractivity contribution in [2.75, 3.05) is 14.2 Å². The van der Waals surface area contributed by atoms with Gasteiger partial charge in [0.25, 0.3) is 0 Å². The number of hydrogen-bond donors (Lipinski definition) is 0. The van der Waals surface area contributed by atoms with E-state index in [1.807, 2.05) is 0 Å². The molecule has 0 aliphatic heterocycles. The maximum Gasteiger partial charge on any atom is 0.221 e. The number of ether oxygens (including phenoxy) is 2. The Labute approximate surface area is 103 Å². The number of rotatable bonds is 3. The molecule has 2 rings (SSSR count). The standard InChI is InChI=1S/C13H11F2NO2/c1-17-9-3-4-10(12(6-9)18-2)11-5-8(14)7-16-13(11)15/h3-7H,1-2H3. The lowest BCUT2D eigenvalue weighted by Crippen LogP contribution is -1.95. The molecule has 1 heterocycles. The summed E-state index contributed by atoms with van der Waals surface area (Å²) in [5.74, 6) is -0.398. The first-order chi connectivity index (χ1) is 8.65. The summed E-state index contributed by atoms with van der Waals surface area (Å²) in [7, 11) is 2.96. The van der Waals surface area contributed by atoms with Crippen molar-refractivity contribution in [2.24, 2.45) is 0 Å². The Morgan fingerprint density at radius 2 is 1.78 bits per heavy atom. The summed E-state index contributed by atoms with van der Waals surface area (Å²) in [6, 6.07) is 5.91. The summed E-state index contributed by atoms with van der Waals surface area (Å²) < 4.78 is 36.9. The Morgan fingerprint density at radius 1 is 1.00 bits per heavy atom. The molecule has 94 valence electrons. The van der Waals surface area contributed by atoms with E-state index < -0.39 is 11.8 Å². The van der Waals surface area contributed by atoms with Crippen LogP contribution in [-0.2, 0) is 0 Å². The van der Waals surface area contributed by atoms with E-state index in [2.05, 4.69) is 4.98 Å². The van der Waals surface area contributed by atoms with Crippen molar-refractivity contribution in [1.29, 1.82) is 0 Å². The molecule has 0 radical (unpaired) electrons. The molecule has 0 aliphatic rings. The van der Waals surface area contributed by atoms with Crippen LogP contribution in [0.25, 0.3) is 11.1 Å². The van der Waals surface area contributed by atoms with Crippen molar-refractivity contribution in [3.8, 4) is 22.6 Å². The lowest BCUT2D eigenvalue weighted by molar-refractivity contribution is 0.395. The predicted octanol–water partition coefficient (Wildman–Crippen LogP) is 3.04. The van der Waals surface area contributed by atoms with E-state index in [0.29, 0.717) is 17.1 Å². The third-order valence-electron chi connectivity index (χ3n) is 2.50. The molecule has 18 heavy (non-hydrogen) atoms. The largest absolute Gasteiger partial charge is 0.497 e. The van der Waals surface area contributed by atoms with Crippen LogP contribution < -0.4 is 9.47 Å². The Morgan fingerprint density at radius 3 is 2.44 bits per heavy atom. The van der Waals surface area contributed by atoms with Crippen LogP contribution >= 0.6 is 0 Å². The molecule has 0 saturated carbocycles. The van der Waals surface area contributed by atoms with Gasteiger partial charge in [0.1, 0.15) is 17.3 Å². The van der Waals surface area contributed by atoms with Gasteiger partial charge >= 0.3 is 0 Å². The van der Waals surface area contributed by atoms with Crippen molar-refractivity contribution in [1.82, 2.24) is 4.98 Å². The van der Waals surface area contributed by atoms with Crippen LogP contribution in [0.15, 0.2) is 30.5 Å². The van der Waals surface area contributed by atoms with Gasteiger partial charge in [0.15, 0.2) is 0 Å². The fraction of sp³-hybridized carbons (Fsp3) is 0.154. The van der Waals surface area contributed by atoms with Crippen LogP contribution in [0.4, 0.5) is 8.78 Å². The van der Waals surface area contributed by atoms with Crippen molar-refractivity contribution in [3.05, 3.63) is 42.2 Å². The summed E-state index contributed by atoms with van der Waals surface area (Å²) in [5.41, 5.74) is 0.470. The monoisotopic (exact) mass is 251 g/mol. The highest BCUT2D eigenvalue weighted by atomic mass is 19.1. The van der Waals surface area contributed by atoms with Gasteiger partial charge in [-0.1, -0.05) is 0 Å². The number of hydrogen-bond acceptors (Lipinski definition) is 3. The summed E-state index contributed by atoms with van der Waals surface area (Å²) in [6.45, 7) is 0. The molecule has 0 aliphatic carbocycles. The molecule has 1 aromatic heterocycles. The van der Waals surface area contributed by atoms with E-state index in [9.17, 15) is 8.78 Å². The fourth-order valence-electron chi connectivity index (χ4n) is 1.63. The third-order valence-corrected chi connectivity index (χ3v) is 2.50. The molecule has 0 saturated heterocycles. The first-order valence-corrected chi connectivity index (χ1v) is 5.19. The second-order valence-corrected chi connectivity index (χ2v) is 3.56. The molecule has 0 bridgehead atoms. The summed E-state index contributed by atoms with van der Waals surface area (Å²) in [6.07, 6.45) is 0.828. The van der Waals surface area contributed by atoms with Crippen LogP contribution in [0.3, 0.4) is 0 Å². The first-order valence-electron chi connectivity index (χ1n) is 5.19. The number of nitrogens with zero attached hydrogens (tertiary/aromatic N) is 1. The van der Waals surface area contributed by atoms with Gasteiger partial charge in [0.05, 0.1) is 20.4 Å². The van der Waals surface area contributed by atoms with Crippen molar-refractivity contribution in [2.45, 2.75) is 0 Å². The number of aromatic nitrogens is 1. The normalized spacial score (nSPS) is 10.2. The highest BCUT2D eigenvalue weighted by Crippen LogP contribution is 2.34. The van der Waals surface area contributed by atoms with Crippen LogP contribution in [0.1, 0.15) is 0 Å². The average Bonchev–Trinajstić information content (AvgIpc) is 2.41. The molecule has 0 spiro atoms. The zero-order valence-electron chi connectivity index (χ0n) is 9.91. The molecule has 1 aromatic carbocycles. The van der Waals surface area contributed by atoms with Crippen LogP contribution in [0.5, 0.6) is 11.5 Å². The van der Waals surface area contributed by atoms with E-state index in [4.69, 9.17) is 9.47 Å². The van der Waals surface area contributed by atoms with E-state index in [-0.39, 0.29) is 5.56 Å². The van der Waals surface area contributed by atoms with E-state index >= 15 is 0 Å². The lowest BCUT2D eigenvalue weighted by Gasteiger charge is -2.10. The van der Waals surface area contributed by atoms with Crippen LogP contribution in [0, 0.1) is 11.8 Å². The Bertz CT molecular complexity index is 573. The highest BCUT2D eigenvalue weighted by Gasteiger charge is 2.13. The second kappa shape index (κ2) is 5.00. The van der Waals surface area contributed by atoms with E-state index in [1.165, 1.54) is 14.2 Å². The van der Waals surface area contributed by atoms with Gasteiger partial charge < -0.3 is 9.47 Å². The van der Waals surface area contributed by atoms with E-state index in [1.54, 1.807) is 18.2 Å². The molecule has 0 unspecified atom stereocenters. The summed E-state index contributed by atoms with van der Waals surface area (Å²) in [5, 5.41) is 0. The minimum Gasteiger partial charge on any atom is -0.497 e. The Balaban J connectivity index is 2.59. The second-order valence-electron chi connectivity index (χ2n) is 3.56. The van der Waals surface area contributed by atoms with Gasteiger partial charge in [-0.2, -0.15) is 4.39 Å².